The van der Waals surface area contributed by atoms with Gasteiger partial charge in [-0.25, -0.2) is 9.59 Å². The number of alkyl carbamates (subject to hydrolysis) is 1. The van der Waals surface area contributed by atoms with Crippen molar-refractivity contribution in [1.29, 1.82) is 0 Å². The fourth-order valence-electron chi connectivity index (χ4n) is 1.39. The number of rotatable bonds is 8. The number of benzene rings is 1. The summed E-state index contributed by atoms with van der Waals surface area (Å²) in [6.07, 6.45) is 0.735. The highest BCUT2D eigenvalue weighted by Gasteiger charge is 2.20. The molecule has 1 amide bonds. The zero-order valence-corrected chi connectivity index (χ0v) is 11.0. The molecule has 0 aliphatic heterocycles. The number of amides is 1. The molecule has 0 saturated heterocycles. The van der Waals surface area contributed by atoms with Gasteiger partial charge in [0.05, 0.1) is 6.61 Å². The van der Waals surface area contributed by atoms with Crippen molar-refractivity contribution in [2.75, 3.05) is 13.2 Å². The molecule has 6 nitrogen and oxygen atoms in total. The van der Waals surface area contributed by atoms with Crippen molar-refractivity contribution in [1.82, 2.24) is 5.32 Å². The van der Waals surface area contributed by atoms with Crippen molar-refractivity contribution in [2.24, 2.45) is 0 Å². The van der Waals surface area contributed by atoms with E-state index in [0.29, 0.717) is 5.75 Å². The lowest BCUT2D eigenvalue weighted by molar-refractivity contribution is -0.139. The highest BCUT2D eigenvalue weighted by Crippen LogP contribution is 2.09. The summed E-state index contributed by atoms with van der Waals surface area (Å²) in [5.41, 5.74) is 0. The monoisotopic (exact) mass is 279 g/mol. The van der Waals surface area contributed by atoms with Gasteiger partial charge in [-0.1, -0.05) is 30.9 Å². The molecule has 0 aromatic heterocycles. The number of aliphatic carboxylic acids is 1. The first-order valence-corrected chi connectivity index (χ1v) is 6.08. The van der Waals surface area contributed by atoms with Crippen LogP contribution in [0.2, 0.25) is 0 Å². The zero-order valence-electron chi connectivity index (χ0n) is 11.0. The predicted octanol–water partition coefficient (Wildman–Crippen LogP) is 1.82. The second-order valence-corrected chi connectivity index (χ2v) is 3.87. The SMILES string of the molecule is C=CCOC(=O)N[C@H](CCOc1ccccc1)C(=O)O. The summed E-state index contributed by atoms with van der Waals surface area (Å²) in [5, 5.41) is 11.2. The number of ether oxygens (including phenoxy) is 2. The number of nitrogens with one attached hydrogen (secondary N) is 1. The molecule has 1 rings (SSSR count). The van der Waals surface area contributed by atoms with E-state index in [1.807, 2.05) is 18.2 Å². The average Bonchev–Trinajstić information content (AvgIpc) is 2.45. The maximum absolute atomic E-state index is 11.3. The maximum Gasteiger partial charge on any atom is 0.408 e. The molecule has 2 N–H and O–H groups in total. The van der Waals surface area contributed by atoms with Crippen LogP contribution < -0.4 is 10.1 Å². The van der Waals surface area contributed by atoms with E-state index in [4.69, 9.17) is 9.84 Å². The van der Waals surface area contributed by atoms with Crippen molar-refractivity contribution in [3.8, 4) is 5.75 Å². The summed E-state index contributed by atoms with van der Waals surface area (Å²) in [6, 6.07) is 7.95. The van der Waals surface area contributed by atoms with E-state index < -0.39 is 18.1 Å². The second-order valence-electron chi connectivity index (χ2n) is 3.87. The molecular weight excluding hydrogens is 262 g/mol. The summed E-state index contributed by atoms with van der Waals surface area (Å²) in [5.74, 6) is -0.497. The lowest BCUT2D eigenvalue weighted by atomic mass is 10.2. The van der Waals surface area contributed by atoms with Crippen LogP contribution in [0, 0.1) is 0 Å². The van der Waals surface area contributed by atoms with E-state index in [1.165, 1.54) is 6.08 Å². The number of carbonyl (C=O) groups excluding carboxylic acids is 1. The second kappa shape index (κ2) is 8.58. The van der Waals surface area contributed by atoms with Crippen LogP contribution in [0.1, 0.15) is 6.42 Å². The molecule has 20 heavy (non-hydrogen) atoms. The van der Waals surface area contributed by atoms with Crippen LogP contribution in [0.15, 0.2) is 43.0 Å². The highest BCUT2D eigenvalue weighted by molar-refractivity contribution is 5.79. The van der Waals surface area contributed by atoms with Crippen molar-refractivity contribution in [3.05, 3.63) is 43.0 Å². The number of carboxylic acids is 1. The number of carboxylic acid groups (broad SMARTS) is 1. The minimum atomic E-state index is -1.14. The van der Waals surface area contributed by atoms with E-state index >= 15 is 0 Å². The number of hydrogen-bond acceptors (Lipinski definition) is 4. The van der Waals surface area contributed by atoms with E-state index in [2.05, 4.69) is 16.6 Å². The molecule has 0 radical (unpaired) electrons. The third-order valence-corrected chi connectivity index (χ3v) is 2.34. The molecule has 0 aliphatic carbocycles. The van der Waals surface area contributed by atoms with Gasteiger partial charge in [0.2, 0.25) is 0 Å². The first-order chi connectivity index (χ1) is 9.63. The van der Waals surface area contributed by atoms with Gasteiger partial charge in [-0.15, -0.1) is 0 Å². The summed E-state index contributed by atoms with van der Waals surface area (Å²) >= 11 is 0. The van der Waals surface area contributed by atoms with Crippen LogP contribution >= 0.6 is 0 Å². The fourth-order valence-corrected chi connectivity index (χ4v) is 1.39. The Morgan fingerprint density at radius 3 is 2.65 bits per heavy atom. The van der Waals surface area contributed by atoms with E-state index in [0.717, 1.165) is 0 Å². The summed E-state index contributed by atoms with van der Waals surface area (Å²) in [7, 11) is 0. The van der Waals surface area contributed by atoms with Crippen LogP contribution in [-0.2, 0) is 9.53 Å². The normalized spacial score (nSPS) is 11.2. The van der Waals surface area contributed by atoms with Crippen molar-refractivity contribution in [2.45, 2.75) is 12.5 Å². The smallest absolute Gasteiger partial charge is 0.408 e. The molecule has 0 heterocycles. The highest BCUT2D eigenvalue weighted by atomic mass is 16.5. The van der Waals surface area contributed by atoms with E-state index in [-0.39, 0.29) is 19.6 Å². The van der Waals surface area contributed by atoms with Gasteiger partial charge in [0.15, 0.2) is 0 Å². The molecule has 0 saturated carbocycles. The van der Waals surface area contributed by atoms with Crippen molar-refractivity contribution in [3.63, 3.8) is 0 Å². The molecule has 6 heteroatoms. The van der Waals surface area contributed by atoms with E-state index in [1.54, 1.807) is 12.1 Å². The Morgan fingerprint density at radius 2 is 2.05 bits per heavy atom. The van der Waals surface area contributed by atoms with Gasteiger partial charge in [-0.2, -0.15) is 0 Å². The molecule has 0 unspecified atom stereocenters. The largest absolute Gasteiger partial charge is 0.494 e. The van der Waals surface area contributed by atoms with E-state index in [9.17, 15) is 9.59 Å². The Hall–Kier alpha value is -2.50. The third kappa shape index (κ3) is 5.90. The minimum Gasteiger partial charge on any atom is -0.494 e. The van der Waals surface area contributed by atoms with Crippen LogP contribution in [0.4, 0.5) is 4.79 Å². The van der Waals surface area contributed by atoms with Crippen molar-refractivity contribution < 1.29 is 24.2 Å². The Balaban J connectivity index is 2.37. The first-order valence-electron chi connectivity index (χ1n) is 6.08. The number of carbonyl (C=O) groups is 2. The molecule has 0 aliphatic rings. The number of para-hydroxylation sites is 1. The molecule has 108 valence electrons. The lowest BCUT2D eigenvalue weighted by Gasteiger charge is -2.14. The van der Waals surface area contributed by atoms with Crippen LogP contribution in [0.5, 0.6) is 5.75 Å². The van der Waals surface area contributed by atoms with Crippen molar-refractivity contribution >= 4 is 12.1 Å². The summed E-state index contributed by atoms with van der Waals surface area (Å²) in [6.45, 7) is 3.58. The Labute approximate surface area is 117 Å². The molecule has 1 aromatic carbocycles. The molecule has 1 aromatic rings. The van der Waals surface area contributed by atoms with Gasteiger partial charge < -0.3 is 19.9 Å². The molecule has 0 fully saturated rings. The van der Waals surface area contributed by atoms with Crippen LogP contribution in [0.25, 0.3) is 0 Å². The van der Waals surface area contributed by atoms with Gasteiger partial charge >= 0.3 is 12.1 Å². The first kappa shape index (κ1) is 15.6. The molecule has 0 spiro atoms. The number of hydrogen-bond donors (Lipinski definition) is 2. The zero-order chi connectivity index (χ0) is 14.8. The topological polar surface area (TPSA) is 84.9 Å². The maximum atomic E-state index is 11.3. The van der Waals surface area contributed by atoms with Gasteiger partial charge in [-0.3, -0.25) is 0 Å². The lowest BCUT2D eigenvalue weighted by Crippen LogP contribution is -2.42. The van der Waals surface area contributed by atoms with Gasteiger partial charge in [0.1, 0.15) is 18.4 Å². The molecule has 0 bridgehead atoms. The predicted molar refractivity (Wildman–Crippen MR) is 72.7 cm³/mol. The van der Waals surface area contributed by atoms with Crippen LogP contribution in [-0.4, -0.2) is 36.4 Å². The molecular formula is C14H17NO5. The fraction of sp³-hybridized carbons (Fsp3) is 0.286. The van der Waals surface area contributed by atoms with Gasteiger partial charge in [0.25, 0.3) is 0 Å². The Morgan fingerprint density at radius 1 is 1.35 bits per heavy atom. The van der Waals surface area contributed by atoms with Crippen LogP contribution in [0.3, 0.4) is 0 Å². The molecule has 1 atom stereocenters. The quantitative estimate of drug-likeness (QED) is 0.709. The Kier molecular flexibility index (Phi) is 6.67. The standard InChI is InChI=1S/C14H17NO5/c1-2-9-20-14(18)15-12(13(16)17)8-10-19-11-6-4-3-5-7-11/h2-7,12H,1,8-10H2,(H,15,18)(H,16,17)/t12-/m1/s1. The average molecular weight is 279 g/mol. The summed E-state index contributed by atoms with van der Waals surface area (Å²) in [4.78, 5) is 22.3. The minimum absolute atomic E-state index is 0.0265. The van der Waals surface area contributed by atoms with Gasteiger partial charge in [0, 0.05) is 6.42 Å². The third-order valence-electron chi connectivity index (χ3n) is 2.34. The summed E-state index contributed by atoms with van der Waals surface area (Å²) < 4.78 is 10.0. The van der Waals surface area contributed by atoms with Gasteiger partial charge in [-0.05, 0) is 12.1 Å². The Bertz CT molecular complexity index is 446.